The summed E-state index contributed by atoms with van der Waals surface area (Å²) in [5.41, 5.74) is 0. The quantitative estimate of drug-likeness (QED) is 0.546. The summed E-state index contributed by atoms with van der Waals surface area (Å²) in [6, 6.07) is 0. The average molecular weight is 275 g/mol. The van der Waals surface area contributed by atoms with Crippen LogP contribution in [0.5, 0.6) is 0 Å². The summed E-state index contributed by atoms with van der Waals surface area (Å²) >= 11 is 0. The Hall–Kier alpha value is -0.556. The normalized spacial score (nSPS) is 14.1. The van der Waals surface area contributed by atoms with Crippen LogP contribution >= 0.6 is 0 Å². The van der Waals surface area contributed by atoms with E-state index in [0.29, 0.717) is 12.2 Å². The SMILES string of the molecule is C=C(O[Si](C)(C)C)C(CC)C(=O)O[Si](C)(C)C. The summed E-state index contributed by atoms with van der Waals surface area (Å²) in [7, 11) is -3.54. The van der Waals surface area contributed by atoms with Crippen LogP contribution < -0.4 is 0 Å². The molecular weight excluding hydrogens is 248 g/mol. The summed E-state index contributed by atoms with van der Waals surface area (Å²) in [6.45, 7) is 18.1. The molecule has 0 aromatic carbocycles. The number of hydrogen-bond acceptors (Lipinski definition) is 3. The van der Waals surface area contributed by atoms with Crippen molar-refractivity contribution in [3.05, 3.63) is 12.3 Å². The molecule has 0 fully saturated rings. The van der Waals surface area contributed by atoms with Gasteiger partial charge in [0.15, 0.2) is 0 Å². The minimum atomic E-state index is -1.84. The van der Waals surface area contributed by atoms with Crippen molar-refractivity contribution in [2.45, 2.75) is 52.6 Å². The molecule has 3 nitrogen and oxygen atoms in total. The van der Waals surface area contributed by atoms with E-state index in [0.717, 1.165) is 0 Å². The van der Waals surface area contributed by atoms with Crippen LogP contribution in [0.25, 0.3) is 0 Å². The third-order valence-corrected chi connectivity index (χ3v) is 3.61. The lowest BCUT2D eigenvalue weighted by Crippen LogP contribution is -2.35. The number of carbonyl (C=O) groups excluding carboxylic acids is 1. The standard InChI is InChI=1S/C12H26O3Si2/c1-9-11(10(2)14-16(3,4)5)12(13)15-17(6,7)8/h11H,2,9H2,1,3-8H3. The Morgan fingerprint density at radius 3 is 1.76 bits per heavy atom. The van der Waals surface area contributed by atoms with Crippen LogP contribution in [0.15, 0.2) is 12.3 Å². The van der Waals surface area contributed by atoms with Gasteiger partial charge in [-0.15, -0.1) is 0 Å². The van der Waals surface area contributed by atoms with E-state index in [1.807, 2.05) is 26.6 Å². The Morgan fingerprint density at radius 1 is 1.06 bits per heavy atom. The lowest BCUT2D eigenvalue weighted by atomic mass is 10.1. The maximum Gasteiger partial charge on any atom is 0.303 e. The first-order valence-corrected chi connectivity index (χ1v) is 12.9. The van der Waals surface area contributed by atoms with Crippen molar-refractivity contribution in [3.63, 3.8) is 0 Å². The fourth-order valence-electron chi connectivity index (χ4n) is 1.36. The van der Waals surface area contributed by atoms with Gasteiger partial charge in [0.25, 0.3) is 0 Å². The Labute approximate surface area is 107 Å². The average Bonchev–Trinajstić information content (AvgIpc) is 1.96. The molecule has 0 saturated heterocycles. The smallest absolute Gasteiger partial charge is 0.303 e. The third-order valence-electron chi connectivity index (χ3n) is 1.93. The summed E-state index contributed by atoms with van der Waals surface area (Å²) in [5.74, 6) is 0.0540. The summed E-state index contributed by atoms with van der Waals surface area (Å²) in [4.78, 5) is 12.0. The molecule has 0 aliphatic rings. The Morgan fingerprint density at radius 2 is 1.47 bits per heavy atom. The van der Waals surface area contributed by atoms with Crippen molar-refractivity contribution in [1.82, 2.24) is 0 Å². The molecule has 0 heterocycles. The molecular formula is C12H26O3Si2. The lowest BCUT2D eigenvalue weighted by Gasteiger charge is -2.27. The van der Waals surface area contributed by atoms with E-state index < -0.39 is 16.6 Å². The van der Waals surface area contributed by atoms with Crippen LogP contribution in [0.2, 0.25) is 39.3 Å². The fraction of sp³-hybridized carbons (Fsp3) is 0.750. The minimum Gasteiger partial charge on any atom is -0.547 e. The number of rotatable bonds is 6. The number of hydrogen-bond donors (Lipinski definition) is 0. The van der Waals surface area contributed by atoms with Gasteiger partial charge in [0, 0.05) is 0 Å². The maximum atomic E-state index is 12.0. The van der Waals surface area contributed by atoms with Gasteiger partial charge in [-0.3, -0.25) is 4.79 Å². The molecule has 17 heavy (non-hydrogen) atoms. The molecule has 0 bridgehead atoms. The highest BCUT2D eigenvalue weighted by Gasteiger charge is 2.30. The van der Waals surface area contributed by atoms with Gasteiger partial charge in [-0.2, -0.15) is 0 Å². The zero-order valence-electron chi connectivity index (χ0n) is 12.2. The molecule has 0 aliphatic carbocycles. The van der Waals surface area contributed by atoms with E-state index in [-0.39, 0.29) is 11.9 Å². The van der Waals surface area contributed by atoms with E-state index in [4.69, 9.17) is 8.85 Å². The van der Waals surface area contributed by atoms with Crippen molar-refractivity contribution in [3.8, 4) is 0 Å². The molecule has 0 rings (SSSR count). The highest BCUT2D eigenvalue weighted by atomic mass is 28.4. The van der Waals surface area contributed by atoms with Crippen LogP contribution in [-0.2, 0) is 13.6 Å². The predicted molar refractivity (Wildman–Crippen MR) is 76.8 cm³/mol. The highest BCUT2D eigenvalue weighted by molar-refractivity contribution is 6.71. The van der Waals surface area contributed by atoms with Gasteiger partial charge < -0.3 is 8.85 Å². The van der Waals surface area contributed by atoms with E-state index in [1.165, 1.54) is 0 Å². The highest BCUT2D eigenvalue weighted by Crippen LogP contribution is 2.22. The molecule has 0 N–H and O–H groups in total. The van der Waals surface area contributed by atoms with Crippen LogP contribution in [-0.4, -0.2) is 22.6 Å². The maximum absolute atomic E-state index is 12.0. The third kappa shape index (κ3) is 7.38. The molecule has 0 aromatic heterocycles. The van der Waals surface area contributed by atoms with Gasteiger partial charge in [-0.25, -0.2) is 0 Å². The second kappa shape index (κ2) is 5.86. The van der Waals surface area contributed by atoms with Crippen molar-refractivity contribution >= 4 is 22.6 Å². The zero-order valence-corrected chi connectivity index (χ0v) is 14.2. The molecule has 0 aliphatic heterocycles. The topological polar surface area (TPSA) is 35.5 Å². The Kier molecular flexibility index (Phi) is 5.67. The predicted octanol–water partition coefficient (Wildman–Crippen LogP) is 3.76. The van der Waals surface area contributed by atoms with Crippen molar-refractivity contribution in [1.29, 1.82) is 0 Å². The van der Waals surface area contributed by atoms with Gasteiger partial charge in [0.2, 0.25) is 16.6 Å². The van der Waals surface area contributed by atoms with Gasteiger partial charge >= 0.3 is 5.97 Å². The number of carbonyl (C=O) groups is 1. The summed E-state index contributed by atoms with van der Waals surface area (Å²) in [6.07, 6.45) is 0.673. The van der Waals surface area contributed by atoms with E-state index in [1.54, 1.807) is 0 Å². The Bertz CT molecular complexity index is 259. The monoisotopic (exact) mass is 274 g/mol. The largest absolute Gasteiger partial charge is 0.547 e. The lowest BCUT2D eigenvalue weighted by molar-refractivity contribution is -0.139. The first-order valence-electron chi connectivity index (χ1n) is 6.07. The van der Waals surface area contributed by atoms with Crippen LogP contribution in [0, 0.1) is 5.92 Å². The molecule has 0 radical (unpaired) electrons. The van der Waals surface area contributed by atoms with Crippen LogP contribution in [0.4, 0.5) is 0 Å². The molecule has 1 unspecified atom stereocenters. The second-order valence-corrected chi connectivity index (χ2v) is 15.0. The van der Waals surface area contributed by atoms with Crippen molar-refractivity contribution < 1.29 is 13.6 Å². The second-order valence-electron chi connectivity index (χ2n) is 6.18. The Balaban J connectivity index is 4.62. The fourth-order valence-corrected chi connectivity index (χ4v) is 3.04. The van der Waals surface area contributed by atoms with E-state index in [9.17, 15) is 4.79 Å². The zero-order chi connectivity index (χ0) is 13.9. The molecule has 100 valence electrons. The van der Waals surface area contributed by atoms with E-state index >= 15 is 0 Å². The first kappa shape index (κ1) is 16.4. The molecule has 1 atom stereocenters. The van der Waals surface area contributed by atoms with E-state index in [2.05, 4.69) is 26.2 Å². The summed E-state index contributed by atoms with van der Waals surface area (Å²) < 4.78 is 11.3. The molecule has 0 amide bonds. The molecule has 0 aromatic rings. The molecule has 0 saturated carbocycles. The first-order chi connectivity index (χ1) is 7.46. The van der Waals surface area contributed by atoms with Gasteiger partial charge in [0.05, 0.1) is 5.76 Å². The summed E-state index contributed by atoms with van der Waals surface area (Å²) in [5, 5.41) is 0. The van der Waals surface area contributed by atoms with Crippen LogP contribution in [0.3, 0.4) is 0 Å². The van der Waals surface area contributed by atoms with Crippen molar-refractivity contribution in [2.24, 2.45) is 5.92 Å². The van der Waals surface area contributed by atoms with Gasteiger partial charge in [-0.05, 0) is 45.7 Å². The van der Waals surface area contributed by atoms with Gasteiger partial charge in [0.1, 0.15) is 5.92 Å². The van der Waals surface area contributed by atoms with Crippen LogP contribution in [0.1, 0.15) is 13.3 Å². The van der Waals surface area contributed by atoms with Crippen molar-refractivity contribution in [2.75, 3.05) is 0 Å². The molecule has 5 heteroatoms. The minimum absolute atomic E-state index is 0.185. The van der Waals surface area contributed by atoms with Gasteiger partial charge in [-0.1, -0.05) is 13.5 Å². The molecule has 0 spiro atoms.